The zero-order chi connectivity index (χ0) is 11.1. The van der Waals surface area contributed by atoms with E-state index in [1.165, 1.54) is 6.08 Å². The Bertz CT molecular complexity index is 333. The molecule has 0 saturated carbocycles. The van der Waals surface area contributed by atoms with E-state index < -0.39 is 0 Å². The van der Waals surface area contributed by atoms with Crippen molar-refractivity contribution in [3.8, 4) is 5.75 Å². The second-order valence-corrected chi connectivity index (χ2v) is 2.91. The van der Waals surface area contributed by atoms with Gasteiger partial charge in [0.25, 0.3) is 0 Å². The molecule has 0 atom stereocenters. The lowest BCUT2D eigenvalue weighted by Crippen LogP contribution is -2.26. The third-order valence-corrected chi connectivity index (χ3v) is 1.74. The summed E-state index contributed by atoms with van der Waals surface area (Å²) in [5.41, 5.74) is 6.21. The summed E-state index contributed by atoms with van der Waals surface area (Å²) in [5.74, 6) is 0.535. The fraction of sp³-hybridized carbons (Fsp3) is 0.182. The van der Waals surface area contributed by atoms with Gasteiger partial charge in [0.2, 0.25) is 5.91 Å². The van der Waals surface area contributed by atoms with Crippen molar-refractivity contribution in [2.24, 2.45) is 0 Å². The second-order valence-electron chi connectivity index (χ2n) is 2.91. The number of ether oxygens (including phenoxy) is 1. The number of rotatable bonds is 5. The van der Waals surface area contributed by atoms with Crippen LogP contribution in [-0.2, 0) is 4.79 Å². The molecule has 0 spiro atoms. The lowest BCUT2D eigenvalue weighted by Gasteiger charge is -2.06. The Morgan fingerprint density at radius 2 is 2.13 bits per heavy atom. The molecule has 0 saturated heterocycles. The number of hydrogen-bond donors (Lipinski definition) is 2. The minimum atomic E-state index is -0.198. The maximum absolute atomic E-state index is 10.8. The molecule has 0 bridgehead atoms. The smallest absolute Gasteiger partial charge is 0.243 e. The summed E-state index contributed by atoms with van der Waals surface area (Å²) in [6.45, 7) is 4.21. The summed E-state index contributed by atoms with van der Waals surface area (Å²) in [7, 11) is 0. The third-order valence-electron chi connectivity index (χ3n) is 1.74. The number of amides is 1. The molecule has 0 unspecified atom stereocenters. The molecule has 1 amide bonds. The number of benzene rings is 1. The normalized spacial score (nSPS) is 9.33. The molecule has 0 aliphatic rings. The van der Waals surface area contributed by atoms with E-state index in [-0.39, 0.29) is 5.91 Å². The standard InChI is InChI=1S/C11H14N2O2/c1-2-11(14)13-7-8-15-10-5-3-9(12)4-6-10/h2-6H,1,7-8,12H2,(H,13,14). The van der Waals surface area contributed by atoms with Crippen LogP contribution >= 0.6 is 0 Å². The van der Waals surface area contributed by atoms with Crippen molar-refractivity contribution in [3.63, 3.8) is 0 Å². The maximum Gasteiger partial charge on any atom is 0.243 e. The van der Waals surface area contributed by atoms with Crippen LogP contribution in [0.3, 0.4) is 0 Å². The monoisotopic (exact) mass is 206 g/mol. The van der Waals surface area contributed by atoms with Gasteiger partial charge < -0.3 is 15.8 Å². The predicted octanol–water partition coefficient (Wildman–Crippen LogP) is 0.950. The Labute approximate surface area is 88.7 Å². The van der Waals surface area contributed by atoms with E-state index in [4.69, 9.17) is 10.5 Å². The largest absolute Gasteiger partial charge is 0.492 e. The van der Waals surface area contributed by atoms with E-state index in [2.05, 4.69) is 11.9 Å². The number of hydrogen-bond acceptors (Lipinski definition) is 3. The van der Waals surface area contributed by atoms with E-state index in [1.807, 2.05) is 0 Å². The number of carbonyl (C=O) groups excluding carboxylic acids is 1. The highest BCUT2D eigenvalue weighted by atomic mass is 16.5. The molecule has 80 valence electrons. The summed E-state index contributed by atoms with van der Waals surface area (Å²) in [6.07, 6.45) is 1.23. The molecule has 15 heavy (non-hydrogen) atoms. The van der Waals surface area contributed by atoms with Crippen molar-refractivity contribution in [2.45, 2.75) is 0 Å². The number of anilines is 1. The molecule has 0 fully saturated rings. The molecule has 1 rings (SSSR count). The van der Waals surface area contributed by atoms with Crippen molar-refractivity contribution in [2.75, 3.05) is 18.9 Å². The van der Waals surface area contributed by atoms with E-state index >= 15 is 0 Å². The average molecular weight is 206 g/mol. The van der Waals surface area contributed by atoms with Crippen molar-refractivity contribution >= 4 is 11.6 Å². The van der Waals surface area contributed by atoms with Crippen LogP contribution in [0.5, 0.6) is 5.75 Å². The van der Waals surface area contributed by atoms with Crippen molar-refractivity contribution in [3.05, 3.63) is 36.9 Å². The summed E-state index contributed by atoms with van der Waals surface area (Å²) < 4.78 is 5.35. The molecule has 4 nitrogen and oxygen atoms in total. The fourth-order valence-corrected chi connectivity index (χ4v) is 0.979. The zero-order valence-electron chi connectivity index (χ0n) is 8.40. The Hall–Kier alpha value is -1.97. The molecular weight excluding hydrogens is 192 g/mol. The number of nitrogen functional groups attached to an aromatic ring is 1. The predicted molar refractivity (Wildman–Crippen MR) is 59.6 cm³/mol. The molecule has 0 aromatic heterocycles. The minimum absolute atomic E-state index is 0.198. The van der Waals surface area contributed by atoms with Crippen LogP contribution < -0.4 is 15.8 Å². The van der Waals surface area contributed by atoms with E-state index in [1.54, 1.807) is 24.3 Å². The maximum atomic E-state index is 10.8. The molecular formula is C11H14N2O2. The van der Waals surface area contributed by atoms with Gasteiger partial charge in [-0.1, -0.05) is 6.58 Å². The SMILES string of the molecule is C=CC(=O)NCCOc1ccc(N)cc1. The summed E-state index contributed by atoms with van der Waals surface area (Å²) in [4.78, 5) is 10.8. The summed E-state index contributed by atoms with van der Waals surface area (Å²) >= 11 is 0. The zero-order valence-corrected chi connectivity index (χ0v) is 8.40. The van der Waals surface area contributed by atoms with Gasteiger partial charge >= 0.3 is 0 Å². The highest BCUT2D eigenvalue weighted by molar-refractivity contribution is 5.86. The van der Waals surface area contributed by atoms with Crippen LogP contribution in [-0.4, -0.2) is 19.1 Å². The van der Waals surface area contributed by atoms with Crippen LogP contribution in [0.25, 0.3) is 0 Å². The number of carbonyl (C=O) groups is 1. The molecule has 1 aromatic rings. The van der Waals surface area contributed by atoms with Gasteiger partial charge in [-0.3, -0.25) is 4.79 Å². The van der Waals surface area contributed by atoms with Gasteiger partial charge in [0.05, 0.1) is 6.54 Å². The fourth-order valence-electron chi connectivity index (χ4n) is 0.979. The second kappa shape index (κ2) is 5.70. The van der Waals surface area contributed by atoms with Crippen molar-refractivity contribution in [1.29, 1.82) is 0 Å². The topological polar surface area (TPSA) is 64.3 Å². The number of nitrogens with two attached hydrogens (primary N) is 1. The summed E-state index contributed by atoms with van der Waals surface area (Å²) in [5, 5.41) is 2.61. The molecule has 0 radical (unpaired) electrons. The van der Waals surface area contributed by atoms with Crippen LogP contribution in [0.2, 0.25) is 0 Å². The van der Waals surface area contributed by atoms with E-state index in [0.29, 0.717) is 18.8 Å². The first-order valence-electron chi connectivity index (χ1n) is 4.61. The van der Waals surface area contributed by atoms with Crippen molar-refractivity contribution < 1.29 is 9.53 Å². The van der Waals surface area contributed by atoms with Crippen LogP contribution in [0.4, 0.5) is 5.69 Å². The number of nitrogens with one attached hydrogen (secondary N) is 1. The average Bonchev–Trinajstić information content (AvgIpc) is 2.26. The minimum Gasteiger partial charge on any atom is -0.492 e. The Balaban J connectivity index is 2.23. The van der Waals surface area contributed by atoms with Gasteiger partial charge in [0.15, 0.2) is 0 Å². The van der Waals surface area contributed by atoms with Gasteiger partial charge in [0.1, 0.15) is 12.4 Å². The van der Waals surface area contributed by atoms with Crippen molar-refractivity contribution in [1.82, 2.24) is 5.32 Å². The molecule has 1 aromatic carbocycles. The Morgan fingerprint density at radius 1 is 1.47 bits per heavy atom. The van der Waals surface area contributed by atoms with Gasteiger partial charge in [-0.15, -0.1) is 0 Å². The van der Waals surface area contributed by atoms with Gasteiger partial charge in [-0.2, -0.15) is 0 Å². The Kier molecular flexibility index (Phi) is 4.22. The van der Waals surface area contributed by atoms with Crippen LogP contribution in [0.15, 0.2) is 36.9 Å². The highest BCUT2D eigenvalue weighted by Crippen LogP contribution is 2.12. The first kappa shape index (κ1) is 11.1. The third kappa shape index (κ3) is 4.17. The van der Waals surface area contributed by atoms with Crippen LogP contribution in [0, 0.1) is 0 Å². The van der Waals surface area contributed by atoms with Gasteiger partial charge in [-0.05, 0) is 30.3 Å². The van der Waals surface area contributed by atoms with Crippen LogP contribution in [0.1, 0.15) is 0 Å². The van der Waals surface area contributed by atoms with Gasteiger partial charge in [0, 0.05) is 5.69 Å². The van der Waals surface area contributed by atoms with E-state index in [0.717, 1.165) is 5.75 Å². The van der Waals surface area contributed by atoms with E-state index in [9.17, 15) is 4.79 Å². The summed E-state index contributed by atoms with van der Waals surface area (Å²) in [6, 6.07) is 7.09. The first-order valence-corrected chi connectivity index (χ1v) is 4.61. The van der Waals surface area contributed by atoms with Gasteiger partial charge in [-0.25, -0.2) is 0 Å². The first-order chi connectivity index (χ1) is 7.22. The molecule has 0 heterocycles. The lowest BCUT2D eigenvalue weighted by atomic mass is 10.3. The molecule has 0 aliphatic heterocycles. The highest BCUT2D eigenvalue weighted by Gasteiger charge is 1.94. The molecule has 4 heteroatoms. The molecule has 0 aliphatic carbocycles. The quantitative estimate of drug-likeness (QED) is 0.428. The molecule has 3 N–H and O–H groups in total. The Morgan fingerprint density at radius 3 is 2.73 bits per heavy atom. The lowest BCUT2D eigenvalue weighted by molar-refractivity contribution is -0.116.